The van der Waals surface area contributed by atoms with Gasteiger partial charge in [0.15, 0.2) is 0 Å². The number of hydrogen-bond acceptors (Lipinski definition) is 0. The molecule has 181 valence electrons. The summed E-state index contributed by atoms with van der Waals surface area (Å²) in [7, 11) is 0. The Hall–Kier alpha value is 0. The first-order valence-corrected chi connectivity index (χ1v) is 14.5. The third-order valence-corrected chi connectivity index (χ3v) is 7.08. The van der Waals surface area contributed by atoms with Gasteiger partial charge in [-0.1, -0.05) is 182 Å². The van der Waals surface area contributed by atoms with E-state index in [1.807, 2.05) is 0 Å². The molecule has 0 fully saturated rings. The molecule has 0 rings (SSSR count). The lowest BCUT2D eigenvalue weighted by Gasteiger charge is -2.13. The molecule has 0 heteroatoms. The van der Waals surface area contributed by atoms with Crippen LogP contribution in [0.1, 0.15) is 175 Å². The van der Waals surface area contributed by atoms with Crippen LogP contribution in [0.4, 0.5) is 0 Å². The highest BCUT2D eigenvalue weighted by Gasteiger charge is 2.05. The zero-order chi connectivity index (χ0) is 22.1. The van der Waals surface area contributed by atoms with Crippen molar-refractivity contribution < 1.29 is 0 Å². The van der Waals surface area contributed by atoms with E-state index < -0.39 is 0 Å². The zero-order valence-electron chi connectivity index (χ0n) is 21.8. The Kier molecular flexibility index (Phi) is 25.3. The van der Waals surface area contributed by atoms with Crippen molar-refractivity contribution >= 4 is 0 Å². The minimum atomic E-state index is 0.712. The van der Waals surface area contributed by atoms with Gasteiger partial charge in [-0.2, -0.15) is 0 Å². The molecule has 2 unspecified atom stereocenters. The average Bonchev–Trinajstić information content (AvgIpc) is 2.74. The van der Waals surface area contributed by atoms with Crippen molar-refractivity contribution in [3.05, 3.63) is 6.92 Å². The third-order valence-electron chi connectivity index (χ3n) is 7.08. The van der Waals surface area contributed by atoms with Crippen LogP contribution in [-0.2, 0) is 0 Å². The molecule has 0 spiro atoms. The second-order valence-corrected chi connectivity index (χ2v) is 10.5. The van der Waals surface area contributed by atoms with Crippen LogP contribution in [0.3, 0.4) is 0 Å². The van der Waals surface area contributed by atoms with Crippen molar-refractivity contribution in [3.63, 3.8) is 0 Å². The first-order chi connectivity index (χ1) is 14.7. The summed E-state index contributed by atoms with van der Waals surface area (Å²) in [5.74, 6) is 1.66. The Labute approximate surface area is 193 Å². The normalized spacial score (nSPS) is 13.6. The van der Waals surface area contributed by atoms with Gasteiger partial charge in [0, 0.05) is 0 Å². The van der Waals surface area contributed by atoms with E-state index in [0.29, 0.717) is 5.92 Å². The topological polar surface area (TPSA) is 0 Å². The molecule has 0 N–H and O–H groups in total. The molecular formula is C30H61. The van der Waals surface area contributed by atoms with Gasteiger partial charge < -0.3 is 0 Å². The van der Waals surface area contributed by atoms with Crippen LogP contribution in [0.25, 0.3) is 0 Å². The average molecular weight is 422 g/mol. The fourth-order valence-corrected chi connectivity index (χ4v) is 4.76. The molecule has 0 aromatic rings. The van der Waals surface area contributed by atoms with Crippen LogP contribution in [0, 0.1) is 18.8 Å². The SMILES string of the molecule is [CH2]C(CCCCCCCCCCCCCC)CCCCCC(C)CCCCCCC. The van der Waals surface area contributed by atoms with Gasteiger partial charge in [0.25, 0.3) is 0 Å². The van der Waals surface area contributed by atoms with Gasteiger partial charge in [-0.25, -0.2) is 0 Å². The Balaban J connectivity index is 3.24. The minimum absolute atomic E-state index is 0.712. The van der Waals surface area contributed by atoms with Gasteiger partial charge in [-0.05, 0) is 11.8 Å². The van der Waals surface area contributed by atoms with Gasteiger partial charge >= 0.3 is 0 Å². The maximum atomic E-state index is 4.42. The van der Waals surface area contributed by atoms with Crippen molar-refractivity contribution in [2.45, 2.75) is 175 Å². The summed E-state index contributed by atoms with van der Waals surface area (Å²) >= 11 is 0. The van der Waals surface area contributed by atoms with Crippen LogP contribution in [0.15, 0.2) is 0 Å². The van der Waals surface area contributed by atoms with Crippen LogP contribution in [-0.4, -0.2) is 0 Å². The van der Waals surface area contributed by atoms with E-state index in [1.54, 1.807) is 0 Å². The zero-order valence-corrected chi connectivity index (χ0v) is 21.8. The summed E-state index contributed by atoms with van der Waals surface area (Å²) in [6, 6.07) is 0. The predicted molar refractivity (Wildman–Crippen MR) is 140 cm³/mol. The first kappa shape index (κ1) is 30.0. The monoisotopic (exact) mass is 421 g/mol. The predicted octanol–water partition coefficient (Wildman–Crippen LogP) is 11.5. The van der Waals surface area contributed by atoms with E-state index in [0.717, 1.165) is 5.92 Å². The van der Waals surface area contributed by atoms with E-state index in [4.69, 9.17) is 0 Å². The van der Waals surface area contributed by atoms with Crippen molar-refractivity contribution in [2.24, 2.45) is 11.8 Å². The molecule has 0 bridgehead atoms. The molecule has 0 amide bonds. The van der Waals surface area contributed by atoms with Gasteiger partial charge in [-0.3, -0.25) is 0 Å². The fourth-order valence-electron chi connectivity index (χ4n) is 4.76. The van der Waals surface area contributed by atoms with Crippen molar-refractivity contribution in [2.75, 3.05) is 0 Å². The first-order valence-electron chi connectivity index (χ1n) is 14.5. The maximum Gasteiger partial charge on any atom is -0.0414 e. The number of rotatable bonds is 25. The Morgan fingerprint density at radius 2 is 0.667 bits per heavy atom. The Bertz CT molecular complexity index is 294. The Morgan fingerprint density at radius 1 is 0.400 bits per heavy atom. The molecule has 0 saturated carbocycles. The summed E-state index contributed by atoms with van der Waals surface area (Å²) in [5, 5.41) is 0. The molecule has 0 aromatic heterocycles. The molecular weight excluding hydrogens is 360 g/mol. The van der Waals surface area contributed by atoms with Crippen molar-refractivity contribution in [1.82, 2.24) is 0 Å². The van der Waals surface area contributed by atoms with Crippen LogP contribution in [0.5, 0.6) is 0 Å². The third kappa shape index (κ3) is 24.3. The molecule has 2 atom stereocenters. The minimum Gasteiger partial charge on any atom is -0.0654 e. The lowest BCUT2D eigenvalue weighted by molar-refractivity contribution is 0.420. The van der Waals surface area contributed by atoms with E-state index >= 15 is 0 Å². The van der Waals surface area contributed by atoms with E-state index in [-0.39, 0.29) is 0 Å². The van der Waals surface area contributed by atoms with Gasteiger partial charge in [0.2, 0.25) is 0 Å². The smallest absolute Gasteiger partial charge is 0.0414 e. The fraction of sp³-hybridized carbons (Fsp3) is 0.967. The summed E-state index contributed by atoms with van der Waals surface area (Å²) in [5.41, 5.74) is 0. The van der Waals surface area contributed by atoms with E-state index in [9.17, 15) is 0 Å². The highest BCUT2D eigenvalue weighted by atomic mass is 14.1. The number of unbranched alkanes of at least 4 members (excludes halogenated alkanes) is 17. The highest BCUT2D eigenvalue weighted by Crippen LogP contribution is 2.21. The molecule has 0 aliphatic carbocycles. The van der Waals surface area contributed by atoms with Crippen molar-refractivity contribution in [1.29, 1.82) is 0 Å². The lowest BCUT2D eigenvalue weighted by atomic mass is 9.93. The summed E-state index contributed by atoms with van der Waals surface area (Å²) in [4.78, 5) is 0. The van der Waals surface area contributed by atoms with Gasteiger partial charge in [0.05, 0.1) is 0 Å². The molecule has 0 aliphatic heterocycles. The van der Waals surface area contributed by atoms with Crippen LogP contribution >= 0.6 is 0 Å². The van der Waals surface area contributed by atoms with E-state index in [2.05, 4.69) is 27.7 Å². The molecule has 1 radical (unpaired) electrons. The van der Waals surface area contributed by atoms with Gasteiger partial charge in [-0.15, -0.1) is 0 Å². The molecule has 0 heterocycles. The summed E-state index contributed by atoms with van der Waals surface area (Å²) < 4.78 is 0. The maximum absolute atomic E-state index is 4.42. The van der Waals surface area contributed by atoms with Crippen molar-refractivity contribution in [3.8, 4) is 0 Å². The molecule has 0 aliphatic rings. The standard InChI is InChI=1S/C30H61/c1-5-7-9-11-12-13-14-15-16-17-19-22-26-30(4)28-24-20-23-27-29(3)25-21-18-10-8-6-2/h29-30H,4-28H2,1-3H3. The molecule has 0 saturated heterocycles. The quantitative estimate of drug-likeness (QED) is 0.128. The lowest BCUT2D eigenvalue weighted by Crippen LogP contribution is -1.97. The summed E-state index contributed by atoms with van der Waals surface area (Å²) in [6.45, 7) is 11.5. The largest absolute Gasteiger partial charge is 0.0654 e. The van der Waals surface area contributed by atoms with Gasteiger partial charge in [0.1, 0.15) is 0 Å². The second kappa shape index (κ2) is 25.3. The molecule has 0 aromatic carbocycles. The Morgan fingerprint density at radius 3 is 1.03 bits per heavy atom. The van der Waals surface area contributed by atoms with E-state index in [1.165, 1.54) is 154 Å². The summed E-state index contributed by atoms with van der Waals surface area (Å²) in [6.07, 6.45) is 34.5. The second-order valence-electron chi connectivity index (χ2n) is 10.5. The van der Waals surface area contributed by atoms with Crippen LogP contribution in [0.2, 0.25) is 0 Å². The number of hydrogen-bond donors (Lipinski definition) is 0. The van der Waals surface area contributed by atoms with Crippen LogP contribution < -0.4 is 0 Å². The molecule has 0 nitrogen and oxygen atoms in total. The highest BCUT2D eigenvalue weighted by molar-refractivity contribution is 4.63. The molecule has 30 heavy (non-hydrogen) atoms.